The third-order valence-corrected chi connectivity index (χ3v) is 5.26. The van der Waals surface area contributed by atoms with E-state index in [-0.39, 0.29) is 11.6 Å². The maximum atomic E-state index is 6.26. The van der Waals surface area contributed by atoms with Crippen LogP contribution < -0.4 is 16.4 Å². The van der Waals surface area contributed by atoms with E-state index >= 15 is 0 Å². The molecule has 128 valence electrons. The van der Waals surface area contributed by atoms with Crippen LogP contribution in [0.1, 0.15) is 12.8 Å². The summed E-state index contributed by atoms with van der Waals surface area (Å²) < 4.78 is 0. The first-order chi connectivity index (χ1) is 12.0. The minimum Gasteiger partial charge on any atom is -0.381 e. The summed E-state index contributed by atoms with van der Waals surface area (Å²) in [5.74, 6) is 0.467. The highest BCUT2D eigenvalue weighted by atomic mass is 35.5. The summed E-state index contributed by atoms with van der Waals surface area (Å²) in [6, 6.07) is 9.59. The summed E-state index contributed by atoms with van der Waals surface area (Å²) in [7, 11) is 0. The number of halogens is 2. The standard InChI is InChI=1S/C18H17Cl2N5/c19-11-4-3-10(9-12(11)20)15-14(25-7-1-2-8-25)6-5-13-16(15)24-18(22)17(21)23-13/h3-6,9H,1-2,7-8H2,(H2,21,23)(H2,22,24). The van der Waals surface area contributed by atoms with E-state index in [1.54, 1.807) is 6.07 Å². The number of aromatic nitrogens is 2. The minimum atomic E-state index is 0.229. The summed E-state index contributed by atoms with van der Waals surface area (Å²) >= 11 is 12.3. The molecule has 0 aliphatic carbocycles. The quantitative estimate of drug-likeness (QED) is 0.696. The topological polar surface area (TPSA) is 81.1 Å². The molecule has 4 rings (SSSR count). The third kappa shape index (κ3) is 2.83. The maximum Gasteiger partial charge on any atom is 0.166 e. The van der Waals surface area contributed by atoms with Gasteiger partial charge in [-0.25, -0.2) is 9.97 Å². The van der Waals surface area contributed by atoms with Crippen molar-refractivity contribution in [2.75, 3.05) is 29.5 Å². The van der Waals surface area contributed by atoms with Crippen LogP contribution in [0.15, 0.2) is 30.3 Å². The molecule has 1 aromatic heterocycles. The summed E-state index contributed by atoms with van der Waals surface area (Å²) in [5.41, 5.74) is 16.2. The first kappa shape index (κ1) is 16.2. The van der Waals surface area contributed by atoms with Gasteiger partial charge in [0.1, 0.15) is 5.52 Å². The van der Waals surface area contributed by atoms with Gasteiger partial charge in [-0.15, -0.1) is 0 Å². The number of fused-ring (bicyclic) bond motifs is 1. The highest BCUT2D eigenvalue weighted by Crippen LogP contribution is 2.40. The van der Waals surface area contributed by atoms with E-state index in [4.69, 9.17) is 34.7 Å². The number of nitrogens with zero attached hydrogens (tertiary/aromatic N) is 3. The Bertz CT molecular complexity index is 967. The molecule has 0 unspecified atom stereocenters. The Morgan fingerprint density at radius 1 is 0.880 bits per heavy atom. The number of nitrogens with two attached hydrogens (primary N) is 2. The van der Waals surface area contributed by atoms with Gasteiger partial charge >= 0.3 is 0 Å². The van der Waals surface area contributed by atoms with Gasteiger partial charge in [0.05, 0.1) is 15.6 Å². The Morgan fingerprint density at radius 2 is 1.60 bits per heavy atom. The number of anilines is 3. The van der Waals surface area contributed by atoms with Crippen molar-refractivity contribution in [3.05, 3.63) is 40.4 Å². The molecule has 5 nitrogen and oxygen atoms in total. The molecule has 3 aromatic rings. The van der Waals surface area contributed by atoms with Crippen molar-refractivity contribution in [3.63, 3.8) is 0 Å². The second-order valence-electron chi connectivity index (χ2n) is 6.14. The normalized spacial score (nSPS) is 14.4. The molecule has 0 radical (unpaired) electrons. The van der Waals surface area contributed by atoms with Crippen LogP contribution in [0.4, 0.5) is 17.3 Å². The van der Waals surface area contributed by atoms with Crippen LogP contribution in [0.2, 0.25) is 10.0 Å². The molecule has 1 fully saturated rings. The van der Waals surface area contributed by atoms with E-state index in [1.165, 1.54) is 12.8 Å². The molecule has 4 N–H and O–H groups in total. The van der Waals surface area contributed by atoms with Gasteiger partial charge in [0.15, 0.2) is 11.6 Å². The van der Waals surface area contributed by atoms with E-state index in [0.717, 1.165) is 35.4 Å². The first-order valence-electron chi connectivity index (χ1n) is 8.10. The Balaban J connectivity index is 2.04. The fourth-order valence-electron chi connectivity index (χ4n) is 3.30. The highest BCUT2D eigenvalue weighted by molar-refractivity contribution is 6.42. The molecule has 1 aliphatic rings. The molecule has 0 spiro atoms. The SMILES string of the molecule is Nc1nc2ccc(N3CCCC3)c(-c3ccc(Cl)c(Cl)c3)c2nc1N. The van der Waals surface area contributed by atoms with Crippen molar-refractivity contribution in [3.8, 4) is 11.1 Å². The maximum absolute atomic E-state index is 6.26. The van der Waals surface area contributed by atoms with Crippen LogP contribution >= 0.6 is 23.2 Å². The second kappa shape index (κ2) is 6.24. The molecular formula is C18H17Cl2N5. The van der Waals surface area contributed by atoms with Gasteiger partial charge in [0.25, 0.3) is 0 Å². The molecule has 0 amide bonds. The number of rotatable bonds is 2. The average molecular weight is 374 g/mol. The summed E-state index contributed by atoms with van der Waals surface area (Å²) in [6.45, 7) is 2.02. The van der Waals surface area contributed by atoms with Crippen molar-refractivity contribution in [1.29, 1.82) is 0 Å². The van der Waals surface area contributed by atoms with Gasteiger partial charge in [-0.2, -0.15) is 0 Å². The third-order valence-electron chi connectivity index (χ3n) is 4.53. The lowest BCUT2D eigenvalue weighted by molar-refractivity contribution is 0.949. The highest BCUT2D eigenvalue weighted by Gasteiger charge is 2.21. The lowest BCUT2D eigenvalue weighted by atomic mass is 10.0. The van der Waals surface area contributed by atoms with Gasteiger partial charge in [0.2, 0.25) is 0 Å². The molecule has 2 aromatic carbocycles. The lowest BCUT2D eigenvalue weighted by Gasteiger charge is -2.23. The van der Waals surface area contributed by atoms with Gasteiger partial charge in [-0.3, -0.25) is 0 Å². The van der Waals surface area contributed by atoms with Crippen molar-refractivity contribution >= 4 is 51.6 Å². The molecule has 25 heavy (non-hydrogen) atoms. The van der Waals surface area contributed by atoms with Crippen LogP contribution in [0, 0.1) is 0 Å². The molecule has 2 heterocycles. The lowest BCUT2D eigenvalue weighted by Crippen LogP contribution is -2.18. The van der Waals surface area contributed by atoms with Crippen molar-refractivity contribution in [2.45, 2.75) is 12.8 Å². The Labute approximate surface area is 155 Å². The fourth-order valence-corrected chi connectivity index (χ4v) is 3.59. The Hall–Kier alpha value is -2.24. The van der Waals surface area contributed by atoms with Crippen LogP contribution in [-0.4, -0.2) is 23.1 Å². The van der Waals surface area contributed by atoms with E-state index in [9.17, 15) is 0 Å². The van der Waals surface area contributed by atoms with E-state index in [0.29, 0.717) is 15.6 Å². The smallest absolute Gasteiger partial charge is 0.166 e. The van der Waals surface area contributed by atoms with E-state index in [1.807, 2.05) is 18.2 Å². The van der Waals surface area contributed by atoms with E-state index in [2.05, 4.69) is 20.9 Å². The Morgan fingerprint density at radius 3 is 2.32 bits per heavy atom. The molecular weight excluding hydrogens is 357 g/mol. The van der Waals surface area contributed by atoms with Crippen LogP contribution in [0.3, 0.4) is 0 Å². The molecule has 7 heteroatoms. The molecule has 0 atom stereocenters. The molecule has 0 bridgehead atoms. The summed E-state index contributed by atoms with van der Waals surface area (Å²) in [6.07, 6.45) is 2.35. The van der Waals surface area contributed by atoms with Crippen molar-refractivity contribution in [2.24, 2.45) is 0 Å². The minimum absolute atomic E-state index is 0.229. The predicted molar refractivity (Wildman–Crippen MR) is 105 cm³/mol. The molecule has 1 saturated heterocycles. The number of benzene rings is 2. The zero-order valence-corrected chi connectivity index (χ0v) is 15.0. The number of nitrogen functional groups attached to an aromatic ring is 2. The van der Waals surface area contributed by atoms with Crippen LogP contribution in [0.5, 0.6) is 0 Å². The van der Waals surface area contributed by atoms with Gasteiger partial charge < -0.3 is 16.4 Å². The number of hydrogen-bond donors (Lipinski definition) is 2. The van der Waals surface area contributed by atoms with Crippen LogP contribution in [-0.2, 0) is 0 Å². The van der Waals surface area contributed by atoms with Gasteiger partial charge in [-0.05, 0) is 42.7 Å². The summed E-state index contributed by atoms with van der Waals surface area (Å²) in [4.78, 5) is 11.3. The zero-order valence-electron chi connectivity index (χ0n) is 13.5. The predicted octanol–water partition coefficient (Wildman–Crippen LogP) is 4.37. The zero-order chi connectivity index (χ0) is 17.6. The average Bonchev–Trinajstić information content (AvgIpc) is 3.12. The largest absolute Gasteiger partial charge is 0.381 e. The van der Waals surface area contributed by atoms with Crippen molar-refractivity contribution < 1.29 is 0 Å². The first-order valence-corrected chi connectivity index (χ1v) is 8.86. The number of hydrogen-bond acceptors (Lipinski definition) is 5. The van der Waals surface area contributed by atoms with E-state index < -0.39 is 0 Å². The summed E-state index contributed by atoms with van der Waals surface area (Å²) in [5, 5.41) is 1.02. The second-order valence-corrected chi connectivity index (χ2v) is 6.96. The van der Waals surface area contributed by atoms with Gasteiger partial charge in [-0.1, -0.05) is 29.3 Å². The van der Waals surface area contributed by atoms with Crippen molar-refractivity contribution in [1.82, 2.24) is 9.97 Å². The molecule has 1 aliphatic heterocycles. The van der Waals surface area contributed by atoms with Crippen LogP contribution in [0.25, 0.3) is 22.2 Å². The Kier molecular flexibility index (Phi) is 4.06. The van der Waals surface area contributed by atoms with Gasteiger partial charge in [0, 0.05) is 24.3 Å². The monoisotopic (exact) mass is 373 g/mol. The fraction of sp³-hybridized carbons (Fsp3) is 0.222. The molecule has 0 saturated carbocycles.